The molecule has 1 saturated heterocycles. The molecule has 1 fully saturated rings. The normalized spacial score (nSPS) is 17.1. The number of halogens is 1. The van der Waals surface area contributed by atoms with Crippen LogP contribution in [0.4, 0.5) is 4.39 Å². The molecule has 0 aliphatic carbocycles. The maximum absolute atomic E-state index is 13.6. The molecule has 0 bridgehead atoms. The number of imidazole rings is 1. The number of ether oxygens (including phenoxy) is 2. The topological polar surface area (TPSA) is 73.7 Å². The zero-order chi connectivity index (χ0) is 23.6. The number of benzene rings is 2. The number of likely N-dealkylation sites (tertiary alicyclic amines) is 1. The zero-order valence-corrected chi connectivity index (χ0v) is 19.1. The van der Waals surface area contributed by atoms with Gasteiger partial charge < -0.3 is 14.0 Å². The minimum Gasteiger partial charge on any atom is -0.466 e. The third-order valence-corrected chi connectivity index (χ3v) is 6.56. The number of methoxy groups -OCH3 is 2. The number of Topliss-reactive ketones (excluding diaryl/α,β-unsaturated/α-hetero) is 1. The molecule has 2 heterocycles. The third-order valence-electron chi connectivity index (χ3n) is 6.56. The highest BCUT2D eigenvalue weighted by Crippen LogP contribution is 2.29. The molecule has 0 amide bonds. The van der Waals surface area contributed by atoms with Gasteiger partial charge in [-0.3, -0.25) is 9.69 Å². The van der Waals surface area contributed by atoms with Gasteiger partial charge in [0.25, 0.3) is 0 Å². The highest BCUT2D eigenvalue weighted by atomic mass is 19.1. The first kappa shape index (κ1) is 23.1. The van der Waals surface area contributed by atoms with Crippen LogP contribution in [0.3, 0.4) is 0 Å². The summed E-state index contributed by atoms with van der Waals surface area (Å²) in [4.78, 5) is 32.4. The van der Waals surface area contributed by atoms with Crippen molar-refractivity contribution in [3.8, 4) is 0 Å². The minimum absolute atomic E-state index is 0.0230. The van der Waals surface area contributed by atoms with Crippen LogP contribution < -0.4 is 0 Å². The van der Waals surface area contributed by atoms with Crippen LogP contribution in [0.25, 0.3) is 11.0 Å². The molecule has 0 spiro atoms. The van der Waals surface area contributed by atoms with Gasteiger partial charge in [-0.2, -0.15) is 0 Å². The van der Waals surface area contributed by atoms with Gasteiger partial charge in [-0.15, -0.1) is 0 Å². The number of carbonyl (C=O) groups excluding carboxylic acids is 2. The standard InChI is InChI=1S/C25H28FN3O4/c1-25(33-3,24(31)32-2)28-14-12-18(13-15-28)22(30)23-27-20-6-4-5-7-21(20)29(23)16-17-8-10-19(26)11-9-17/h4-11,18H,12-16H2,1-3H3. The van der Waals surface area contributed by atoms with Crippen LogP contribution in [0.2, 0.25) is 0 Å². The van der Waals surface area contributed by atoms with Gasteiger partial charge >= 0.3 is 5.97 Å². The largest absolute Gasteiger partial charge is 0.466 e. The molecule has 2 aromatic carbocycles. The SMILES string of the molecule is COC(=O)C(C)(OC)N1CCC(C(=O)c2nc3ccccc3n2Cc2ccc(F)cc2)CC1. The van der Waals surface area contributed by atoms with E-state index >= 15 is 0 Å². The molecule has 0 saturated carbocycles. The Morgan fingerprint density at radius 1 is 1.09 bits per heavy atom. The minimum atomic E-state index is -1.18. The predicted molar refractivity (Wildman–Crippen MR) is 121 cm³/mol. The van der Waals surface area contributed by atoms with Crippen molar-refractivity contribution in [1.82, 2.24) is 14.5 Å². The van der Waals surface area contributed by atoms with E-state index < -0.39 is 11.7 Å². The van der Waals surface area contributed by atoms with E-state index in [0.717, 1.165) is 16.6 Å². The molecule has 1 aliphatic heterocycles. The van der Waals surface area contributed by atoms with Crippen molar-refractivity contribution in [3.63, 3.8) is 0 Å². The molecule has 33 heavy (non-hydrogen) atoms. The molecule has 174 valence electrons. The lowest BCUT2D eigenvalue weighted by Crippen LogP contribution is -2.57. The number of para-hydroxylation sites is 2. The van der Waals surface area contributed by atoms with Crippen molar-refractivity contribution >= 4 is 22.8 Å². The number of ketones is 1. The van der Waals surface area contributed by atoms with Gasteiger partial charge in [0.2, 0.25) is 11.5 Å². The molecule has 7 nitrogen and oxygen atoms in total. The van der Waals surface area contributed by atoms with Gasteiger partial charge in [0.1, 0.15) is 5.82 Å². The summed E-state index contributed by atoms with van der Waals surface area (Å²) in [6, 6.07) is 13.9. The number of aromatic nitrogens is 2. The highest BCUT2D eigenvalue weighted by molar-refractivity contribution is 5.98. The van der Waals surface area contributed by atoms with E-state index in [-0.39, 0.29) is 17.5 Å². The Kier molecular flexibility index (Phi) is 6.58. The number of nitrogens with zero attached hydrogens (tertiary/aromatic N) is 3. The van der Waals surface area contributed by atoms with Gasteiger partial charge in [0, 0.05) is 32.7 Å². The average molecular weight is 454 g/mol. The Bertz CT molecular complexity index is 1150. The third kappa shape index (κ3) is 4.41. The van der Waals surface area contributed by atoms with Crippen LogP contribution in [0, 0.1) is 11.7 Å². The first-order valence-electron chi connectivity index (χ1n) is 11.0. The van der Waals surface area contributed by atoms with Crippen molar-refractivity contribution < 1.29 is 23.5 Å². The van der Waals surface area contributed by atoms with Gasteiger partial charge in [-0.25, -0.2) is 14.2 Å². The smallest absolute Gasteiger partial charge is 0.353 e. The number of esters is 1. The van der Waals surface area contributed by atoms with E-state index in [2.05, 4.69) is 4.98 Å². The van der Waals surface area contributed by atoms with Gasteiger partial charge in [-0.1, -0.05) is 24.3 Å². The summed E-state index contributed by atoms with van der Waals surface area (Å²) in [5.74, 6) is -0.599. The van der Waals surface area contributed by atoms with Gasteiger partial charge in [0.05, 0.1) is 18.1 Å². The van der Waals surface area contributed by atoms with Crippen molar-refractivity contribution in [2.45, 2.75) is 32.0 Å². The lowest BCUT2D eigenvalue weighted by Gasteiger charge is -2.41. The quantitative estimate of drug-likeness (QED) is 0.402. The number of piperidine rings is 1. The first-order valence-corrected chi connectivity index (χ1v) is 11.0. The summed E-state index contributed by atoms with van der Waals surface area (Å²) < 4.78 is 25.6. The fraction of sp³-hybridized carbons (Fsp3) is 0.400. The van der Waals surface area contributed by atoms with E-state index in [4.69, 9.17) is 9.47 Å². The summed E-state index contributed by atoms with van der Waals surface area (Å²) in [7, 11) is 2.81. The summed E-state index contributed by atoms with van der Waals surface area (Å²) in [6.07, 6.45) is 1.16. The molecule has 0 N–H and O–H groups in total. The maximum atomic E-state index is 13.6. The van der Waals surface area contributed by atoms with E-state index in [1.165, 1.54) is 26.4 Å². The summed E-state index contributed by atoms with van der Waals surface area (Å²) in [5, 5.41) is 0. The molecule has 8 heteroatoms. The average Bonchev–Trinajstić information content (AvgIpc) is 3.22. The van der Waals surface area contributed by atoms with E-state index in [1.54, 1.807) is 19.1 Å². The fourth-order valence-electron chi connectivity index (χ4n) is 4.48. The Hall–Kier alpha value is -3.10. The van der Waals surface area contributed by atoms with Crippen molar-refractivity contribution in [3.05, 3.63) is 65.7 Å². The molecular weight excluding hydrogens is 425 g/mol. The Morgan fingerprint density at radius 2 is 1.76 bits per heavy atom. The van der Waals surface area contributed by atoms with Crippen LogP contribution >= 0.6 is 0 Å². The van der Waals surface area contributed by atoms with Crippen LogP contribution in [0.15, 0.2) is 48.5 Å². The highest BCUT2D eigenvalue weighted by Gasteiger charge is 2.43. The monoisotopic (exact) mass is 453 g/mol. The molecule has 1 atom stereocenters. The summed E-state index contributed by atoms with van der Waals surface area (Å²) >= 11 is 0. The van der Waals surface area contributed by atoms with Crippen LogP contribution in [-0.2, 0) is 20.8 Å². The van der Waals surface area contributed by atoms with Crippen LogP contribution in [0.1, 0.15) is 35.9 Å². The first-order chi connectivity index (χ1) is 15.9. The summed E-state index contributed by atoms with van der Waals surface area (Å²) in [6.45, 7) is 3.15. The molecule has 1 unspecified atom stereocenters. The van der Waals surface area contributed by atoms with Gasteiger partial charge in [0.15, 0.2) is 5.82 Å². The summed E-state index contributed by atoms with van der Waals surface area (Å²) in [5.41, 5.74) is 1.31. The number of rotatable bonds is 7. The Balaban J connectivity index is 1.58. The van der Waals surface area contributed by atoms with Gasteiger partial charge in [-0.05, 0) is 49.6 Å². The van der Waals surface area contributed by atoms with Crippen LogP contribution in [0.5, 0.6) is 0 Å². The second-order valence-electron chi connectivity index (χ2n) is 8.44. The maximum Gasteiger partial charge on any atom is 0.353 e. The zero-order valence-electron chi connectivity index (χ0n) is 19.1. The molecule has 3 aromatic rings. The van der Waals surface area contributed by atoms with Crippen molar-refractivity contribution in [2.24, 2.45) is 5.92 Å². The Labute approximate surface area is 192 Å². The second kappa shape index (κ2) is 9.41. The lowest BCUT2D eigenvalue weighted by molar-refractivity contribution is -0.192. The number of fused-ring (bicyclic) bond motifs is 1. The predicted octanol–water partition coefficient (Wildman–Crippen LogP) is 3.65. The number of hydrogen-bond acceptors (Lipinski definition) is 6. The molecule has 0 radical (unpaired) electrons. The lowest BCUT2D eigenvalue weighted by atomic mass is 9.90. The van der Waals surface area contributed by atoms with E-state index in [0.29, 0.717) is 38.3 Å². The molecule has 1 aliphatic rings. The Morgan fingerprint density at radius 3 is 2.39 bits per heavy atom. The van der Waals surface area contributed by atoms with E-state index in [1.807, 2.05) is 33.7 Å². The number of carbonyl (C=O) groups is 2. The van der Waals surface area contributed by atoms with E-state index in [9.17, 15) is 14.0 Å². The van der Waals surface area contributed by atoms with Crippen LogP contribution in [-0.4, -0.2) is 59.2 Å². The molecule has 1 aromatic heterocycles. The van der Waals surface area contributed by atoms with Crippen molar-refractivity contribution in [1.29, 1.82) is 0 Å². The fourth-order valence-corrected chi connectivity index (χ4v) is 4.48. The molecule has 4 rings (SSSR count). The second-order valence-corrected chi connectivity index (χ2v) is 8.44. The molecular formula is C25H28FN3O4. The van der Waals surface area contributed by atoms with Crippen molar-refractivity contribution in [2.75, 3.05) is 27.3 Å². The number of hydrogen-bond donors (Lipinski definition) is 0.